The van der Waals surface area contributed by atoms with Crippen molar-refractivity contribution in [1.29, 1.82) is 0 Å². The van der Waals surface area contributed by atoms with Crippen molar-refractivity contribution < 1.29 is 14.9 Å². The third kappa shape index (κ3) is 3.19. The smallest absolute Gasteiger partial charge is 0.0896 e. The summed E-state index contributed by atoms with van der Waals surface area (Å²) in [5.74, 6) is 0.570. The Balaban J connectivity index is 1.94. The van der Waals surface area contributed by atoms with Crippen molar-refractivity contribution in [1.82, 2.24) is 4.90 Å². The molecule has 0 aromatic rings. The van der Waals surface area contributed by atoms with Gasteiger partial charge in [0.25, 0.3) is 0 Å². The van der Waals surface area contributed by atoms with E-state index in [0.29, 0.717) is 5.92 Å². The molecule has 4 nitrogen and oxygen atoms in total. The lowest BCUT2D eigenvalue weighted by Crippen LogP contribution is -2.46. The lowest BCUT2D eigenvalue weighted by molar-refractivity contribution is -0.0915. The van der Waals surface area contributed by atoms with Crippen LogP contribution < -0.4 is 0 Å². The maximum Gasteiger partial charge on any atom is 0.0896 e. The number of nitrogens with zero attached hydrogens (tertiary/aromatic N) is 1. The Morgan fingerprint density at radius 3 is 2.10 bits per heavy atom. The molecule has 2 N–H and O–H groups in total. The molecule has 2 heterocycles. The molecule has 0 saturated carbocycles. The van der Waals surface area contributed by atoms with Gasteiger partial charge in [0.1, 0.15) is 0 Å². The van der Waals surface area contributed by atoms with Gasteiger partial charge in [0.15, 0.2) is 0 Å². The number of hydrogen-bond donors (Lipinski definition) is 2. The maximum atomic E-state index is 10.5. The fourth-order valence-electron chi connectivity index (χ4n) is 3.89. The topological polar surface area (TPSA) is 52.9 Å². The highest BCUT2D eigenvalue weighted by molar-refractivity contribution is 5.02. The van der Waals surface area contributed by atoms with Gasteiger partial charge in [0, 0.05) is 12.5 Å². The third-order valence-electron chi connectivity index (χ3n) is 5.28. The van der Waals surface area contributed by atoms with Crippen molar-refractivity contribution in [2.45, 2.75) is 70.9 Å². The molecule has 0 aliphatic carbocycles. The fraction of sp³-hybridized carbons (Fsp3) is 1.00. The van der Waals surface area contributed by atoms with Gasteiger partial charge in [-0.3, -0.25) is 0 Å². The van der Waals surface area contributed by atoms with Gasteiger partial charge >= 0.3 is 0 Å². The van der Waals surface area contributed by atoms with E-state index < -0.39 is 11.7 Å². The normalized spacial score (nSPS) is 36.1. The number of likely N-dealkylation sites (tertiary alicyclic amines) is 1. The van der Waals surface area contributed by atoms with Crippen LogP contribution >= 0.6 is 0 Å². The first kappa shape index (κ1) is 16.2. The minimum Gasteiger partial charge on any atom is -0.393 e. The van der Waals surface area contributed by atoms with Gasteiger partial charge in [-0.1, -0.05) is 0 Å². The summed E-state index contributed by atoms with van der Waals surface area (Å²) < 4.78 is 6.05. The van der Waals surface area contributed by atoms with Gasteiger partial charge in [0.05, 0.1) is 23.4 Å². The first-order chi connectivity index (χ1) is 9.13. The quantitative estimate of drug-likeness (QED) is 0.828. The van der Waals surface area contributed by atoms with Gasteiger partial charge in [0.2, 0.25) is 0 Å². The average Bonchev–Trinajstić information content (AvgIpc) is 2.48. The highest BCUT2D eigenvalue weighted by Gasteiger charge is 2.53. The van der Waals surface area contributed by atoms with Gasteiger partial charge in [-0.2, -0.15) is 0 Å². The average molecular weight is 285 g/mol. The minimum absolute atomic E-state index is 0.139. The molecule has 2 fully saturated rings. The van der Waals surface area contributed by atoms with Crippen LogP contribution in [0.4, 0.5) is 0 Å². The van der Waals surface area contributed by atoms with E-state index >= 15 is 0 Å². The monoisotopic (exact) mass is 285 g/mol. The van der Waals surface area contributed by atoms with Gasteiger partial charge in [-0.25, -0.2) is 0 Å². The molecule has 0 aromatic heterocycles. The summed E-state index contributed by atoms with van der Waals surface area (Å²) in [4.78, 5) is 2.42. The predicted molar refractivity (Wildman–Crippen MR) is 79.6 cm³/mol. The summed E-state index contributed by atoms with van der Waals surface area (Å²) in [6, 6.07) is 0. The summed E-state index contributed by atoms with van der Waals surface area (Å²) in [5, 5.41) is 20.2. The standard InChI is InChI=1S/C16H31NO3/c1-11(18)12-6-8-17(9-7-12)10-13-14(19)16(4,5)20-15(13,2)3/h11-14,18-19H,6-10H2,1-5H3. The molecule has 0 spiro atoms. The summed E-state index contributed by atoms with van der Waals surface area (Å²) in [5.41, 5.74) is -0.754. The highest BCUT2D eigenvalue weighted by Crippen LogP contribution is 2.42. The van der Waals surface area contributed by atoms with E-state index in [4.69, 9.17) is 4.74 Å². The van der Waals surface area contributed by atoms with Crippen molar-refractivity contribution in [2.75, 3.05) is 19.6 Å². The van der Waals surface area contributed by atoms with E-state index in [0.717, 1.165) is 32.5 Å². The Hall–Kier alpha value is -0.160. The van der Waals surface area contributed by atoms with Crippen LogP contribution in [0.25, 0.3) is 0 Å². The Morgan fingerprint density at radius 2 is 1.70 bits per heavy atom. The molecule has 2 rings (SSSR count). The van der Waals surface area contributed by atoms with Crippen LogP contribution in [0, 0.1) is 11.8 Å². The van der Waals surface area contributed by atoms with Crippen LogP contribution in [0.15, 0.2) is 0 Å². The molecule has 0 radical (unpaired) electrons. The largest absolute Gasteiger partial charge is 0.393 e. The number of aliphatic hydroxyl groups excluding tert-OH is 2. The molecular weight excluding hydrogens is 254 g/mol. The van der Waals surface area contributed by atoms with Crippen molar-refractivity contribution >= 4 is 0 Å². The van der Waals surface area contributed by atoms with E-state index in [1.807, 2.05) is 20.8 Å². The number of ether oxygens (including phenoxy) is 1. The third-order valence-corrected chi connectivity index (χ3v) is 5.28. The second-order valence-electron chi connectivity index (χ2n) is 7.74. The lowest BCUT2D eigenvalue weighted by Gasteiger charge is -2.37. The van der Waals surface area contributed by atoms with Crippen LogP contribution in [0.1, 0.15) is 47.5 Å². The second kappa shape index (κ2) is 5.56. The van der Waals surface area contributed by atoms with Crippen LogP contribution in [0.5, 0.6) is 0 Å². The molecule has 3 atom stereocenters. The van der Waals surface area contributed by atoms with E-state index in [1.54, 1.807) is 0 Å². The Bertz CT molecular complexity index is 333. The number of aliphatic hydroxyl groups is 2. The molecule has 2 aliphatic heterocycles. The molecule has 0 amide bonds. The Kier molecular flexibility index (Phi) is 4.51. The van der Waals surface area contributed by atoms with E-state index in [2.05, 4.69) is 18.7 Å². The van der Waals surface area contributed by atoms with E-state index in [-0.39, 0.29) is 17.6 Å². The van der Waals surface area contributed by atoms with Crippen molar-refractivity contribution in [3.8, 4) is 0 Å². The van der Waals surface area contributed by atoms with Crippen molar-refractivity contribution in [2.24, 2.45) is 11.8 Å². The van der Waals surface area contributed by atoms with Crippen LogP contribution in [-0.4, -0.2) is 58.2 Å². The molecule has 4 heteroatoms. The number of piperidine rings is 1. The molecule has 118 valence electrons. The Labute approximate surface area is 123 Å². The fourth-order valence-corrected chi connectivity index (χ4v) is 3.89. The molecule has 0 aromatic carbocycles. The zero-order chi connectivity index (χ0) is 15.1. The molecule has 3 unspecified atom stereocenters. The number of rotatable bonds is 3. The molecule has 0 bridgehead atoms. The van der Waals surface area contributed by atoms with E-state index in [9.17, 15) is 10.2 Å². The lowest BCUT2D eigenvalue weighted by atomic mass is 9.83. The minimum atomic E-state index is -0.466. The van der Waals surface area contributed by atoms with E-state index in [1.165, 1.54) is 0 Å². The van der Waals surface area contributed by atoms with Crippen LogP contribution in [-0.2, 0) is 4.74 Å². The van der Waals surface area contributed by atoms with Crippen LogP contribution in [0.3, 0.4) is 0 Å². The zero-order valence-electron chi connectivity index (χ0n) is 13.6. The molecule has 2 saturated heterocycles. The molecule has 2 aliphatic rings. The number of hydrogen-bond acceptors (Lipinski definition) is 4. The first-order valence-electron chi connectivity index (χ1n) is 7.92. The van der Waals surface area contributed by atoms with Crippen LogP contribution in [0.2, 0.25) is 0 Å². The summed E-state index contributed by atoms with van der Waals surface area (Å²) in [6.45, 7) is 12.9. The SMILES string of the molecule is CC(O)C1CCN(CC2C(O)C(C)(C)OC2(C)C)CC1. The summed E-state index contributed by atoms with van der Waals surface area (Å²) in [6.07, 6.45) is 1.47. The molecule has 20 heavy (non-hydrogen) atoms. The second-order valence-corrected chi connectivity index (χ2v) is 7.74. The predicted octanol–water partition coefficient (Wildman–Crippen LogP) is 1.64. The summed E-state index contributed by atoms with van der Waals surface area (Å²) >= 11 is 0. The molecular formula is C16H31NO3. The highest BCUT2D eigenvalue weighted by atomic mass is 16.5. The van der Waals surface area contributed by atoms with Gasteiger partial charge in [-0.05, 0) is 66.5 Å². The zero-order valence-corrected chi connectivity index (χ0v) is 13.6. The van der Waals surface area contributed by atoms with Gasteiger partial charge < -0.3 is 19.8 Å². The first-order valence-corrected chi connectivity index (χ1v) is 7.92. The van der Waals surface area contributed by atoms with Crippen molar-refractivity contribution in [3.63, 3.8) is 0 Å². The summed E-state index contributed by atoms with van der Waals surface area (Å²) in [7, 11) is 0. The van der Waals surface area contributed by atoms with Crippen molar-refractivity contribution in [3.05, 3.63) is 0 Å². The maximum absolute atomic E-state index is 10.5. The Morgan fingerprint density at radius 1 is 1.15 bits per heavy atom. The van der Waals surface area contributed by atoms with Gasteiger partial charge in [-0.15, -0.1) is 0 Å².